The smallest absolute Gasteiger partial charge is 0.193 e. The normalized spacial score (nSPS) is 26.5. The highest BCUT2D eigenvalue weighted by Gasteiger charge is 2.26. The molecule has 2 nitrogen and oxygen atoms in total. The number of fused-ring (bicyclic) bond motifs is 1. The van der Waals surface area contributed by atoms with Crippen LogP contribution in [0.2, 0.25) is 0 Å². The second-order valence-corrected chi connectivity index (χ2v) is 6.35. The molecule has 80 valence electrons. The topological polar surface area (TPSA) is 17.3 Å². The zero-order chi connectivity index (χ0) is 10.3. The summed E-state index contributed by atoms with van der Waals surface area (Å²) in [5.41, 5.74) is 1.18. The quantitative estimate of drug-likeness (QED) is 0.771. The van der Waals surface area contributed by atoms with Gasteiger partial charge in [0.25, 0.3) is 0 Å². The van der Waals surface area contributed by atoms with Crippen LogP contribution in [-0.4, -0.2) is 26.3 Å². The summed E-state index contributed by atoms with van der Waals surface area (Å²) < 4.78 is 2.09. The number of thioether (sulfide) groups is 1. The Hall–Kier alpha value is -0.190. The molecule has 0 saturated carbocycles. The molecule has 2 aromatic heterocycles. The van der Waals surface area contributed by atoms with Crippen molar-refractivity contribution < 1.29 is 0 Å². The summed E-state index contributed by atoms with van der Waals surface area (Å²) in [5, 5.41) is 2.39. The van der Waals surface area contributed by atoms with E-state index in [-0.39, 0.29) is 0 Å². The first kappa shape index (κ1) is 10.00. The monoisotopic (exact) mass is 258 g/mol. The Balaban J connectivity index is 1.80. The van der Waals surface area contributed by atoms with Crippen LogP contribution in [0, 0.1) is 5.92 Å². The summed E-state index contributed by atoms with van der Waals surface area (Å²) >= 11 is 9.88. The van der Waals surface area contributed by atoms with E-state index in [2.05, 4.69) is 27.2 Å². The molecular weight excluding hydrogens is 248 g/mol. The van der Waals surface area contributed by atoms with E-state index >= 15 is 0 Å². The summed E-state index contributed by atoms with van der Waals surface area (Å²) in [6, 6.07) is 0. The molecule has 0 spiro atoms. The SMILES string of the molecule is ClC1CSCC1Cc1cn2ccsc2n1. The second-order valence-electron chi connectivity index (χ2n) is 3.84. The van der Waals surface area contributed by atoms with Gasteiger partial charge in [-0.25, -0.2) is 4.98 Å². The summed E-state index contributed by atoms with van der Waals surface area (Å²) in [4.78, 5) is 5.67. The molecule has 5 heteroatoms. The lowest BCUT2D eigenvalue weighted by Gasteiger charge is -2.09. The Morgan fingerprint density at radius 3 is 3.20 bits per heavy atom. The standard InChI is InChI=1S/C10H11ClN2S2/c11-9-6-14-5-7(9)3-8-4-13-1-2-15-10(13)12-8/h1-2,4,7,9H,3,5-6H2. The maximum absolute atomic E-state index is 6.25. The Labute approximate surface area is 102 Å². The molecule has 0 aliphatic carbocycles. The van der Waals surface area contributed by atoms with Crippen molar-refractivity contribution >= 4 is 39.7 Å². The van der Waals surface area contributed by atoms with Gasteiger partial charge in [-0.15, -0.1) is 22.9 Å². The van der Waals surface area contributed by atoms with Crippen molar-refractivity contribution in [1.82, 2.24) is 9.38 Å². The van der Waals surface area contributed by atoms with Crippen molar-refractivity contribution in [2.24, 2.45) is 5.92 Å². The largest absolute Gasteiger partial charge is 0.297 e. The van der Waals surface area contributed by atoms with Crippen molar-refractivity contribution in [3.05, 3.63) is 23.5 Å². The van der Waals surface area contributed by atoms with E-state index in [1.54, 1.807) is 11.3 Å². The van der Waals surface area contributed by atoms with Crippen molar-refractivity contribution in [2.75, 3.05) is 11.5 Å². The molecule has 3 heterocycles. The number of aromatic nitrogens is 2. The van der Waals surface area contributed by atoms with E-state index < -0.39 is 0 Å². The van der Waals surface area contributed by atoms with Gasteiger partial charge in [0, 0.05) is 28.9 Å². The lowest BCUT2D eigenvalue weighted by Crippen LogP contribution is -2.14. The molecular formula is C10H11ClN2S2. The Morgan fingerprint density at radius 2 is 2.47 bits per heavy atom. The highest BCUT2D eigenvalue weighted by atomic mass is 35.5. The lowest BCUT2D eigenvalue weighted by atomic mass is 10.0. The van der Waals surface area contributed by atoms with E-state index in [1.165, 1.54) is 11.4 Å². The van der Waals surface area contributed by atoms with Crippen LogP contribution in [-0.2, 0) is 6.42 Å². The first-order valence-corrected chi connectivity index (χ1v) is 7.43. The molecule has 0 bridgehead atoms. The summed E-state index contributed by atoms with van der Waals surface area (Å²) in [5.74, 6) is 2.87. The number of rotatable bonds is 2. The fraction of sp³-hybridized carbons (Fsp3) is 0.500. The average molecular weight is 259 g/mol. The molecule has 2 unspecified atom stereocenters. The third kappa shape index (κ3) is 1.90. The van der Waals surface area contributed by atoms with Crippen LogP contribution in [0.25, 0.3) is 4.96 Å². The van der Waals surface area contributed by atoms with E-state index in [0.717, 1.165) is 17.1 Å². The molecule has 15 heavy (non-hydrogen) atoms. The second kappa shape index (κ2) is 4.00. The van der Waals surface area contributed by atoms with Gasteiger partial charge in [0.1, 0.15) is 0 Å². The van der Waals surface area contributed by atoms with Crippen molar-refractivity contribution in [2.45, 2.75) is 11.8 Å². The molecule has 1 aliphatic rings. The van der Waals surface area contributed by atoms with E-state index in [9.17, 15) is 0 Å². The Bertz CT molecular complexity index is 436. The van der Waals surface area contributed by atoms with Crippen LogP contribution < -0.4 is 0 Å². The fourth-order valence-corrected chi connectivity index (χ4v) is 4.46. The predicted molar refractivity (Wildman–Crippen MR) is 67.2 cm³/mol. The minimum atomic E-state index is 0.328. The average Bonchev–Trinajstić information content (AvgIpc) is 2.83. The minimum absolute atomic E-state index is 0.328. The highest BCUT2D eigenvalue weighted by Crippen LogP contribution is 2.31. The molecule has 3 rings (SSSR count). The van der Waals surface area contributed by atoms with Gasteiger partial charge in [0.15, 0.2) is 4.96 Å². The molecule has 0 aromatic carbocycles. The number of thiazole rings is 1. The van der Waals surface area contributed by atoms with E-state index in [0.29, 0.717) is 11.3 Å². The van der Waals surface area contributed by atoms with E-state index in [1.807, 2.05) is 11.8 Å². The van der Waals surface area contributed by atoms with Crippen LogP contribution in [0.5, 0.6) is 0 Å². The number of alkyl halides is 1. The zero-order valence-corrected chi connectivity index (χ0v) is 10.5. The molecule has 2 aromatic rings. The summed E-state index contributed by atoms with van der Waals surface area (Å²) in [7, 11) is 0. The minimum Gasteiger partial charge on any atom is -0.297 e. The zero-order valence-electron chi connectivity index (χ0n) is 8.10. The van der Waals surface area contributed by atoms with Gasteiger partial charge >= 0.3 is 0 Å². The van der Waals surface area contributed by atoms with Crippen LogP contribution in [0.15, 0.2) is 17.8 Å². The molecule has 0 radical (unpaired) electrons. The molecule has 0 N–H and O–H groups in total. The third-order valence-corrected chi connectivity index (χ3v) is 5.46. The van der Waals surface area contributed by atoms with Crippen LogP contribution in [0.4, 0.5) is 0 Å². The van der Waals surface area contributed by atoms with Gasteiger partial charge in [0.05, 0.1) is 5.69 Å². The van der Waals surface area contributed by atoms with Gasteiger partial charge in [-0.05, 0) is 18.1 Å². The highest BCUT2D eigenvalue weighted by molar-refractivity contribution is 7.99. The van der Waals surface area contributed by atoms with Crippen molar-refractivity contribution in [3.8, 4) is 0 Å². The van der Waals surface area contributed by atoms with Gasteiger partial charge < -0.3 is 0 Å². The van der Waals surface area contributed by atoms with E-state index in [4.69, 9.17) is 11.6 Å². The Kier molecular flexibility index (Phi) is 2.66. The number of hydrogen-bond acceptors (Lipinski definition) is 3. The molecule has 0 amide bonds. The van der Waals surface area contributed by atoms with Crippen LogP contribution in [0.3, 0.4) is 0 Å². The lowest BCUT2D eigenvalue weighted by molar-refractivity contribution is 0.596. The Morgan fingerprint density at radius 1 is 1.53 bits per heavy atom. The summed E-state index contributed by atoms with van der Waals surface area (Å²) in [6.45, 7) is 0. The molecule has 1 aliphatic heterocycles. The van der Waals surface area contributed by atoms with Crippen LogP contribution in [0.1, 0.15) is 5.69 Å². The number of nitrogens with zero attached hydrogens (tertiary/aromatic N) is 2. The van der Waals surface area contributed by atoms with Gasteiger partial charge in [-0.3, -0.25) is 4.40 Å². The molecule has 1 fully saturated rings. The number of imidazole rings is 1. The van der Waals surface area contributed by atoms with Gasteiger partial charge in [0.2, 0.25) is 0 Å². The van der Waals surface area contributed by atoms with Gasteiger partial charge in [-0.2, -0.15) is 11.8 Å². The van der Waals surface area contributed by atoms with Crippen LogP contribution >= 0.6 is 34.7 Å². The van der Waals surface area contributed by atoms with Crippen molar-refractivity contribution in [1.29, 1.82) is 0 Å². The predicted octanol–water partition coefficient (Wildman–Crippen LogP) is 2.91. The fourth-order valence-electron chi connectivity index (χ4n) is 1.90. The maximum Gasteiger partial charge on any atom is 0.193 e. The first-order valence-electron chi connectivity index (χ1n) is 4.96. The first-order chi connectivity index (χ1) is 7.33. The molecule has 1 saturated heterocycles. The summed E-state index contributed by atoms with van der Waals surface area (Å²) in [6.07, 6.45) is 5.20. The number of hydrogen-bond donors (Lipinski definition) is 0. The third-order valence-electron chi connectivity index (χ3n) is 2.73. The maximum atomic E-state index is 6.25. The number of halogens is 1. The van der Waals surface area contributed by atoms with Gasteiger partial charge in [-0.1, -0.05) is 0 Å². The molecule has 2 atom stereocenters. The van der Waals surface area contributed by atoms with Crippen molar-refractivity contribution in [3.63, 3.8) is 0 Å².